The molecule has 2 heterocycles. The van der Waals surface area contributed by atoms with Crippen molar-refractivity contribution in [3.8, 4) is 5.75 Å². The van der Waals surface area contributed by atoms with Gasteiger partial charge in [-0.1, -0.05) is 59.6 Å². The molecular formula is C36H33ClN2O6. The van der Waals surface area contributed by atoms with E-state index in [0.717, 1.165) is 16.7 Å². The number of aliphatic hydroxyl groups is 1. The van der Waals surface area contributed by atoms with Crippen molar-refractivity contribution < 1.29 is 29.0 Å². The summed E-state index contributed by atoms with van der Waals surface area (Å²) in [6.45, 7) is 3.76. The second-order valence-corrected chi connectivity index (χ2v) is 13.0. The Kier molecular flexibility index (Phi) is 7.17. The van der Waals surface area contributed by atoms with Gasteiger partial charge < -0.3 is 9.84 Å². The number of benzene rings is 3. The van der Waals surface area contributed by atoms with E-state index in [1.54, 1.807) is 54.6 Å². The average molecular weight is 625 g/mol. The Bertz CT molecular complexity index is 1750. The molecule has 0 bridgehead atoms. The molecule has 230 valence electrons. The number of hydrogen-bond acceptors (Lipinski definition) is 6. The van der Waals surface area contributed by atoms with Crippen LogP contribution in [-0.4, -0.2) is 41.9 Å². The standard InChI is InChI=1S/C36H33ClN2O6/c1-20-8-11-23(18-29(20)37)38-32(41)26-15-14-25-27(30(26)34(38)43)19-28-33(42)39(22-6-4-3-5-7-22)35(44)36(28,2)31(25)21-9-12-24(13-10-21)45-17-16-40/h3-14,18,26-28,30-31,40H,15-17,19H2,1-2H3/t26-,27+,28-,30-,31-,36+/m0/s1. The van der Waals surface area contributed by atoms with Gasteiger partial charge in [0.15, 0.2) is 0 Å². The molecule has 7 rings (SSSR count). The van der Waals surface area contributed by atoms with Crippen LogP contribution >= 0.6 is 11.6 Å². The normalized spacial score (nSPS) is 29.0. The number of halogens is 1. The van der Waals surface area contributed by atoms with E-state index >= 15 is 0 Å². The van der Waals surface area contributed by atoms with Gasteiger partial charge in [-0.25, -0.2) is 9.80 Å². The molecule has 3 fully saturated rings. The fourth-order valence-electron chi connectivity index (χ4n) is 8.11. The smallest absolute Gasteiger partial charge is 0.241 e. The molecule has 1 N–H and O–H groups in total. The summed E-state index contributed by atoms with van der Waals surface area (Å²) >= 11 is 6.39. The van der Waals surface area contributed by atoms with E-state index in [-0.39, 0.29) is 43.3 Å². The summed E-state index contributed by atoms with van der Waals surface area (Å²) < 4.78 is 5.59. The number of ether oxygens (including phenoxy) is 1. The summed E-state index contributed by atoms with van der Waals surface area (Å²) in [6.07, 6.45) is 2.68. The van der Waals surface area contributed by atoms with E-state index in [9.17, 15) is 24.3 Å². The lowest BCUT2D eigenvalue weighted by atomic mass is 9.51. The van der Waals surface area contributed by atoms with Crippen molar-refractivity contribution in [1.82, 2.24) is 0 Å². The molecule has 3 aromatic rings. The van der Waals surface area contributed by atoms with Gasteiger partial charge in [0.05, 0.1) is 41.2 Å². The Morgan fingerprint density at radius 3 is 2.31 bits per heavy atom. The highest BCUT2D eigenvalue weighted by molar-refractivity contribution is 6.32. The third-order valence-corrected chi connectivity index (χ3v) is 10.7. The highest BCUT2D eigenvalue weighted by Crippen LogP contribution is 2.63. The first kappa shape index (κ1) is 29.4. The van der Waals surface area contributed by atoms with Crippen molar-refractivity contribution in [2.45, 2.75) is 32.6 Å². The first-order chi connectivity index (χ1) is 21.7. The zero-order valence-corrected chi connectivity index (χ0v) is 25.7. The lowest BCUT2D eigenvalue weighted by molar-refractivity contribution is -0.131. The number of amides is 4. The van der Waals surface area contributed by atoms with Crippen LogP contribution in [0.2, 0.25) is 5.02 Å². The van der Waals surface area contributed by atoms with Gasteiger partial charge in [-0.3, -0.25) is 19.2 Å². The minimum Gasteiger partial charge on any atom is -0.491 e. The number of aliphatic hydroxyl groups excluding tert-OH is 1. The molecule has 0 unspecified atom stereocenters. The summed E-state index contributed by atoms with van der Waals surface area (Å²) in [7, 11) is 0. The maximum Gasteiger partial charge on any atom is 0.241 e. The minimum atomic E-state index is -1.12. The first-order valence-corrected chi connectivity index (χ1v) is 15.7. The summed E-state index contributed by atoms with van der Waals surface area (Å²) in [4.78, 5) is 59.3. The van der Waals surface area contributed by atoms with E-state index in [0.29, 0.717) is 28.6 Å². The van der Waals surface area contributed by atoms with Crippen LogP contribution in [0, 0.1) is 36.0 Å². The monoisotopic (exact) mass is 624 g/mol. The number of fused-ring (bicyclic) bond motifs is 4. The number of allylic oxidation sites excluding steroid dienone is 2. The van der Waals surface area contributed by atoms with Gasteiger partial charge in [-0.05, 0) is 80.1 Å². The highest BCUT2D eigenvalue weighted by Gasteiger charge is 2.67. The summed E-state index contributed by atoms with van der Waals surface area (Å²) in [5, 5.41) is 9.66. The van der Waals surface area contributed by atoms with Gasteiger partial charge in [0.1, 0.15) is 12.4 Å². The zero-order valence-electron chi connectivity index (χ0n) is 25.0. The Hall–Kier alpha value is -4.27. The van der Waals surface area contributed by atoms with Crippen molar-refractivity contribution >= 4 is 46.6 Å². The summed E-state index contributed by atoms with van der Waals surface area (Å²) in [5.41, 5.74) is 2.41. The van der Waals surface area contributed by atoms with Crippen LogP contribution < -0.4 is 14.5 Å². The van der Waals surface area contributed by atoms with Crippen LogP contribution in [0.15, 0.2) is 84.4 Å². The molecule has 0 radical (unpaired) electrons. The molecule has 6 atom stereocenters. The fourth-order valence-corrected chi connectivity index (χ4v) is 8.29. The molecule has 2 aliphatic heterocycles. The Balaban J connectivity index is 1.33. The molecule has 45 heavy (non-hydrogen) atoms. The number of anilines is 2. The zero-order chi connectivity index (χ0) is 31.6. The van der Waals surface area contributed by atoms with E-state index in [2.05, 4.69) is 0 Å². The number of hydrogen-bond donors (Lipinski definition) is 1. The van der Waals surface area contributed by atoms with Crippen molar-refractivity contribution in [1.29, 1.82) is 0 Å². The third kappa shape index (κ3) is 4.37. The number of rotatable bonds is 6. The van der Waals surface area contributed by atoms with Gasteiger partial charge in [0.2, 0.25) is 23.6 Å². The second kappa shape index (κ2) is 11.0. The van der Waals surface area contributed by atoms with Crippen molar-refractivity contribution in [2.75, 3.05) is 23.0 Å². The van der Waals surface area contributed by atoms with E-state index in [1.807, 2.05) is 38.1 Å². The molecule has 1 saturated carbocycles. The third-order valence-electron chi connectivity index (χ3n) is 10.3. The molecular weight excluding hydrogens is 592 g/mol. The number of carbonyl (C=O) groups excluding carboxylic acids is 4. The maximum absolute atomic E-state index is 14.5. The van der Waals surface area contributed by atoms with Gasteiger partial charge in [-0.15, -0.1) is 0 Å². The Labute approximate surface area is 266 Å². The average Bonchev–Trinajstić information content (AvgIpc) is 3.41. The van der Waals surface area contributed by atoms with Crippen molar-refractivity contribution in [3.63, 3.8) is 0 Å². The maximum atomic E-state index is 14.5. The van der Waals surface area contributed by atoms with Crippen LogP contribution in [-0.2, 0) is 19.2 Å². The largest absolute Gasteiger partial charge is 0.491 e. The van der Waals surface area contributed by atoms with Crippen molar-refractivity contribution in [2.24, 2.45) is 29.1 Å². The van der Waals surface area contributed by atoms with Crippen molar-refractivity contribution in [3.05, 3.63) is 101 Å². The highest BCUT2D eigenvalue weighted by atomic mass is 35.5. The number of aryl methyl sites for hydroxylation is 1. The summed E-state index contributed by atoms with van der Waals surface area (Å²) in [6, 6.07) is 21.5. The predicted octanol–water partition coefficient (Wildman–Crippen LogP) is 5.45. The van der Waals surface area contributed by atoms with Crippen LogP contribution in [0.25, 0.3) is 0 Å². The SMILES string of the molecule is Cc1ccc(N2C(=O)[C@H]3[C@H](CC=C4[C@H]3C[C@H]3C(=O)N(c5ccccc5)C(=O)[C@@]3(C)[C@H]4c3ccc(OCCO)cc3)C2=O)cc1Cl. The number of imide groups is 2. The Morgan fingerprint density at radius 2 is 1.62 bits per heavy atom. The van der Waals surface area contributed by atoms with Crippen LogP contribution in [0.3, 0.4) is 0 Å². The molecule has 3 aromatic carbocycles. The van der Waals surface area contributed by atoms with Crippen LogP contribution in [0.5, 0.6) is 5.75 Å². The van der Waals surface area contributed by atoms with Gasteiger partial charge in [0.25, 0.3) is 0 Å². The number of nitrogens with zero attached hydrogens (tertiary/aromatic N) is 2. The Morgan fingerprint density at radius 1 is 0.889 bits per heavy atom. The molecule has 4 amide bonds. The topological polar surface area (TPSA) is 104 Å². The molecule has 2 saturated heterocycles. The van der Waals surface area contributed by atoms with Gasteiger partial charge >= 0.3 is 0 Å². The lowest BCUT2D eigenvalue weighted by Gasteiger charge is -2.49. The molecule has 0 aromatic heterocycles. The fraction of sp³-hybridized carbons (Fsp3) is 0.333. The van der Waals surface area contributed by atoms with Crippen LogP contribution in [0.1, 0.15) is 36.8 Å². The predicted molar refractivity (Wildman–Crippen MR) is 169 cm³/mol. The van der Waals surface area contributed by atoms with Gasteiger partial charge in [0, 0.05) is 10.9 Å². The molecule has 8 nitrogen and oxygen atoms in total. The van der Waals surface area contributed by atoms with E-state index < -0.39 is 35.0 Å². The summed E-state index contributed by atoms with van der Waals surface area (Å²) in [5.74, 6) is -3.41. The molecule has 2 aliphatic carbocycles. The molecule has 0 spiro atoms. The van der Waals surface area contributed by atoms with E-state index in [4.69, 9.17) is 16.3 Å². The lowest BCUT2D eigenvalue weighted by Crippen LogP contribution is -2.48. The van der Waals surface area contributed by atoms with Crippen LogP contribution in [0.4, 0.5) is 11.4 Å². The first-order valence-electron chi connectivity index (χ1n) is 15.3. The second-order valence-electron chi connectivity index (χ2n) is 12.6. The molecule has 9 heteroatoms. The van der Waals surface area contributed by atoms with E-state index in [1.165, 1.54) is 9.80 Å². The quantitative estimate of drug-likeness (QED) is 0.289. The van der Waals surface area contributed by atoms with Gasteiger partial charge in [-0.2, -0.15) is 0 Å². The minimum absolute atomic E-state index is 0.119. The number of para-hydroxylation sites is 1. The molecule has 4 aliphatic rings. The number of carbonyl (C=O) groups is 4.